The molecule has 6 nitrogen and oxygen atoms in total. The summed E-state index contributed by atoms with van der Waals surface area (Å²) >= 11 is 1.30. The van der Waals surface area contributed by atoms with Crippen LogP contribution in [0.3, 0.4) is 0 Å². The van der Waals surface area contributed by atoms with Gasteiger partial charge in [0.2, 0.25) is 0 Å². The molecule has 2 rings (SSSR count). The second-order valence-electron chi connectivity index (χ2n) is 7.64. The van der Waals surface area contributed by atoms with Gasteiger partial charge in [0.25, 0.3) is 5.56 Å². The maximum atomic E-state index is 13.6. The lowest BCUT2D eigenvalue weighted by molar-refractivity contribution is 0.216. The molecule has 0 aliphatic carbocycles. The van der Waals surface area contributed by atoms with Crippen molar-refractivity contribution in [2.45, 2.75) is 61.5 Å². The number of nitrogens with one attached hydrogen (secondary N) is 1. The fourth-order valence-electron chi connectivity index (χ4n) is 2.83. The Morgan fingerprint density at radius 2 is 1.91 bits per heavy atom. The summed E-state index contributed by atoms with van der Waals surface area (Å²) in [6, 6.07) is 0. The first kappa shape index (κ1) is 28.2. The van der Waals surface area contributed by atoms with Crippen molar-refractivity contribution in [1.29, 1.82) is 0 Å². The zero-order valence-electron chi connectivity index (χ0n) is 20.7. The molecule has 2 aromatic rings. The quantitative estimate of drug-likeness (QED) is 0.519. The van der Waals surface area contributed by atoms with E-state index in [0.29, 0.717) is 15.9 Å². The lowest BCUT2D eigenvalue weighted by Gasteiger charge is -2.10. The Kier molecular flexibility index (Phi) is 11.7. The number of allylic oxidation sites excluding steroid dienone is 6. The third kappa shape index (κ3) is 8.55. The van der Waals surface area contributed by atoms with Gasteiger partial charge < -0.3 is 10.4 Å². The number of fused-ring (bicyclic) bond motifs is 1. The average molecular weight is 475 g/mol. The van der Waals surface area contributed by atoms with Gasteiger partial charge in [0, 0.05) is 30.2 Å². The van der Waals surface area contributed by atoms with E-state index in [1.807, 2.05) is 27.7 Å². The lowest BCUT2D eigenvalue weighted by Crippen LogP contribution is -2.18. The van der Waals surface area contributed by atoms with E-state index in [0.717, 1.165) is 28.4 Å². The second-order valence-corrected chi connectivity index (χ2v) is 8.85. The van der Waals surface area contributed by atoms with Crippen LogP contribution < -0.4 is 10.9 Å². The third-order valence-electron chi connectivity index (χ3n) is 4.29. The molecule has 0 saturated heterocycles. The Balaban J connectivity index is 0.00000125. The highest BCUT2D eigenvalue weighted by molar-refractivity contribution is 7.17. The fraction of sp³-hybridized carbons (Fsp3) is 0.400. The standard InChI is InChI=1S/C22H27FN4OS.C3H8O/c1-7-9-18(23)11-10-15(4)27-13-26-20-16(5)19(24-8-2)14(3)12-25-17(6)29-21(20)22(27)28;1-3(2)4/h7,9-13,24H,8H2,1-6H3;3-4H,1-2H3/b9-7-,14-12?,15-10+,18-11+,19-16?,25-17?;. The SMILES string of the molecule is CC(C)O.C\C=C/C(F)=C\C=C(/C)n1cnc2c(C)c(NCC)c(C)cnc(C)sc2c1=O. The van der Waals surface area contributed by atoms with Crippen molar-refractivity contribution < 1.29 is 9.50 Å². The first-order chi connectivity index (χ1) is 15.5. The number of aromatic nitrogens is 3. The summed E-state index contributed by atoms with van der Waals surface area (Å²) in [6.07, 6.45) is 8.98. The Morgan fingerprint density at radius 1 is 1.27 bits per heavy atom. The number of aryl methyl sites for hydroxylation is 3. The highest BCUT2D eigenvalue weighted by Gasteiger charge is 2.11. The highest BCUT2D eigenvalue weighted by atomic mass is 32.1. The Morgan fingerprint density at radius 3 is 2.48 bits per heavy atom. The van der Waals surface area contributed by atoms with E-state index in [2.05, 4.69) is 15.3 Å². The number of anilines is 1. The minimum absolute atomic E-state index is 0.167. The Hall–Kier alpha value is -2.84. The molecule has 0 aromatic carbocycles. The van der Waals surface area contributed by atoms with Gasteiger partial charge in [-0.25, -0.2) is 9.37 Å². The predicted molar refractivity (Wildman–Crippen MR) is 139 cm³/mol. The molecule has 0 saturated carbocycles. The molecule has 0 radical (unpaired) electrons. The Labute approximate surface area is 199 Å². The molecule has 0 fully saturated rings. The summed E-state index contributed by atoms with van der Waals surface area (Å²) < 4.78 is 15.6. The molecule has 180 valence electrons. The summed E-state index contributed by atoms with van der Waals surface area (Å²) in [6.45, 7) is 15.5. The molecule has 0 aliphatic rings. The third-order valence-corrected chi connectivity index (χ3v) is 5.26. The van der Waals surface area contributed by atoms with Crippen LogP contribution in [0.15, 0.2) is 47.4 Å². The van der Waals surface area contributed by atoms with Gasteiger partial charge in [-0.1, -0.05) is 6.08 Å². The Bertz CT molecular complexity index is 1160. The van der Waals surface area contributed by atoms with Crippen LogP contribution >= 0.6 is 11.3 Å². The summed E-state index contributed by atoms with van der Waals surface area (Å²) in [5.74, 6) is -0.386. The second kappa shape index (κ2) is 13.6. The molecule has 0 aliphatic heterocycles. The summed E-state index contributed by atoms with van der Waals surface area (Å²) in [7, 11) is 0. The van der Waals surface area contributed by atoms with E-state index in [1.165, 1.54) is 34.4 Å². The van der Waals surface area contributed by atoms with Crippen LogP contribution in [0.5, 0.6) is 0 Å². The number of rotatable bonds is 5. The molecule has 0 atom stereocenters. The van der Waals surface area contributed by atoms with Gasteiger partial charge in [0.15, 0.2) is 0 Å². The van der Waals surface area contributed by atoms with Crippen molar-refractivity contribution in [2.75, 3.05) is 11.9 Å². The van der Waals surface area contributed by atoms with Crippen LogP contribution in [0, 0.1) is 20.8 Å². The van der Waals surface area contributed by atoms with E-state index >= 15 is 0 Å². The van der Waals surface area contributed by atoms with Crippen LogP contribution in [0.1, 0.15) is 50.8 Å². The van der Waals surface area contributed by atoms with Crippen molar-refractivity contribution in [3.8, 4) is 0 Å². The molecule has 0 spiro atoms. The average Bonchev–Trinajstić information content (AvgIpc) is 2.78. The van der Waals surface area contributed by atoms with Crippen LogP contribution in [0.25, 0.3) is 15.9 Å². The van der Waals surface area contributed by atoms with Crippen molar-refractivity contribution in [3.63, 3.8) is 0 Å². The van der Waals surface area contributed by atoms with Gasteiger partial charge in [-0.15, -0.1) is 11.3 Å². The topological polar surface area (TPSA) is 80.0 Å². The summed E-state index contributed by atoms with van der Waals surface area (Å²) in [5.41, 5.74) is 3.77. The smallest absolute Gasteiger partial charge is 0.275 e. The van der Waals surface area contributed by atoms with E-state index in [4.69, 9.17) is 5.11 Å². The minimum Gasteiger partial charge on any atom is -0.394 e. The molecule has 2 N–H and O–H groups in total. The highest BCUT2D eigenvalue weighted by Crippen LogP contribution is 2.24. The number of aliphatic hydroxyl groups is 1. The number of hydrogen-bond donors (Lipinski definition) is 2. The van der Waals surface area contributed by atoms with Crippen molar-refractivity contribution >= 4 is 32.9 Å². The predicted octanol–water partition coefficient (Wildman–Crippen LogP) is 6.01. The molecular weight excluding hydrogens is 439 g/mol. The number of halogens is 1. The molecule has 2 heterocycles. The molecular formula is C25H35FN4O2S. The van der Waals surface area contributed by atoms with Gasteiger partial charge in [0.1, 0.15) is 16.9 Å². The van der Waals surface area contributed by atoms with E-state index in [1.54, 1.807) is 46.0 Å². The van der Waals surface area contributed by atoms with Crippen molar-refractivity contribution in [1.82, 2.24) is 14.5 Å². The van der Waals surface area contributed by atoms with Crippen molar-refractivity contribution in [3.05, 3.63) is 69.1 Å². The van der Waals surface area contributed by atoms with Crippen LogP contribution in [-0.2, 0) is 0 Å². The van der Waals surface area contributed by atoms with Gasteiger partial charge in [-0.2, -0.15) is 0 Å². The summed E-state index contributed by atoms with van der Waals surface area (Å²) in [5, 5.41) is 12.2. The van der Waals surface area contributed by atoms with Crippen molar-refractivity contribution in [2.24, 2.45) is 0 Å². The molecule has 0 unspecified atom stereocenters. The molecule has 33 heavy (non-hydrogen) atoms. The van der Waals surface area contributed by atoms with Crippen LogP contribution in [0.4, 0.5) is 10.1 Å². The van der Waals surface area contributed by atoms with E-state index in [9.17, 15) is 9.18 Å². The molecule has 8 heteroatoms. The van der Waals surface area contributed by atoms with Gasteiger partial charge in [-0.3, -0.25) is 14.3 Å². The first-order valence-electron chi connectivity index (χ1n) is 10.8. The monoisotopic (exact) mass is 474 g/mol. The maximum Gasteiger partial charge on any atom is 0.275 e. The zero-order chi connectivity index (χ0) is 25.1. The number of nitrogens with zero attached hydrogens (tertiary/aromatic N) is 3. The van der Waals surface area contributed by atoms with Gasteiger partial charge in [-0.05, 0) is 84.7 Å². The normalized spacial score (nSPS) is 12.1. The number of hydrogen-bond acceptors (Lipinski definition) is 6. The minimum atomic E-state index is -0.386. The molecule has 0 bridgehead atoms. The van der Waals surface area contributed by atoms with Gasteiger partial charge in [0.05, 0.1) is 10.5 Å². The number of aliphatic hydroxyl groups excluding tert-OH is 1. The first-order valence-corrected chi connectivity index (χ1v) is 11.7. The van der Waals surface area contributed by atoms with Gasteiger partial charge >= 0.3 is 0 Å². The zero-order valence-corrected chi connectivity index (χ0v) is 21.5. The lowest BCUT2D eigenvalue weighted by atomic mass is 10.1. The molecule has 2 aromatic heterocycles. The summed E-state index contributed by atoms with van der Waals surface area (Å²) in [4.78, 5) is 22.3. The van der Waals surface area contributed by atoms with E-state index < -0.39 is 0 Å². The largest absolute Gasteiger partial charge is 0.394 e. The van der Waals surface area contributed by atoms with Crippen LogP contribution in [-0.4, -0.2) is 32.3 Å². The molecule has 0 amide bonds. The van der Waals surface area contributed by atoms with E-state index in [-0.39, 0.29) is 17.5 Å². The fourth-order valence-corrected chi connectivity index (χ4v) is 3.72. The van der Waals surface area contributed by atoms with Crippen LogP contribution in [0.2, 0.25) is 0 Å². The maximum absolute atomic E-state index is 13.6.